The third-order valence-electron chi connectivity index (χ3n) is 5.99. The predicted octanol–water partition coefficient (Wildman–Crippen LogP) is 3.88. The minimum absolute atomic E-state index is 0.117. The van der Waals surface area contributed by atoms with Gasteiger partial charge in [-0.2, -0.15) is 10.1 Å². The molecule has 5 rings (SSSR count). The highest BCUT2D eigenvalue weighted by atomic mass is 19.3. The van der Waals surface area contributed by atoms with Crippen LogP contribution in [0.5, 0.6) is 0 Å². The van der Waals surface area contributed by atoms with E-state index in [1.807, 2.05) is 30.3 Å². The van der Waals surface area contributed by atoms with Crippen LogP contribution in [0.15, 0.2) is 48.9 Å². The van der Waals surface area contributed by atoms with E-state index in [4.69, 9.17) is 0 Å². The number of pyridine rings is 1. The molecule has 0 bridgehead atoms. The number of amides is 1. The zero-order valence-electron chi connectivity index (χ0n) is 16.8. The van der Waals surface area contributed by atoms with Gasteiger partial charge in [-0.1, -0.05) is 25.1 Å². The smallest absolute Gasteiger partial charge is 0.280 e. The van der Waals surface area contributed by atoms with E-state index in [1.165, 1.54) is 16.9 Å². The Kier molecular flexibility index (Phi) is 4.80. The molecule has 0 N–H and O–H groups in total. The van der Waals surface area contributed by atoms with Crippen LogP contribution in [0.1, 0.15) is 47.4 Å². The van der Waals surface area contributed by atoms with Crippen LogP contribution >= 0.6 is 0 Å². The summed E-state index contributed by atoms with van der Waals surface area (Å²) in [6.45, 7) is 3.06. The zero-order chi connectivity index (χ0) is 21.5. The molecule has 0 saturated carbocycles. The number of fused-ring (bicyclic) bond motifs is 2. The second-order valence-electron chi connectivity index (χ2n) is 7.92. The Balaban J connectivity index is 1.48. The van der Waals surface area contributed by atoms with E-state index < -0.39 is 6.43 Å². The van der Waals surface area contributed by atoms with Crippen LogP contribution in [0.3, 0.4) is 0 Å². The molecule has 0 unspecified atom stereocenters. The van der Waals surface area contributed by atoms with E-state index in [2.05, 4.69) is 27.0 Å². The summed E-state index contributed by atoms with van der Waals surface area (Å²) in [6, 6.07) is 10.9. The lowest BCUT2D eigenvalue weighted by Gasteiger charge is -2.37. The lowest BCUT2D eigenvalue weighted by molar-refractivity contribution is 0.0665. The number of aromatic nitrogens is 5. The Bertz CT molecular complexity index is 1270. The highest BCUT2D eigenvalue weighted by molar-refractivity contribution is 5.97. The summed E-state index contributed by atoms with van der Waals surface area (Å²) < 4.78 is 28.3. The van der Waals surface area contributed by atoms with Crippen molar-refractivity contribution in [1.29, 1.82) is 0 Å². The molecule has 0 aliphatic carbocycles. The molecule has 0 radical (unpaired) electrons. The molecule has 1 aliphatic rings. The second kappa shape index (κ2) is 7.64. The molecule has 1 saturated heterocycles. The number of alkyl halides is 2. The maximum absolute atomic E-state index is 13.4. The van der Waals surface area contributed by atoms with Gasteiger partial charge in [-0.05, 0) is 30.5 Å². The number of para-hydroxylation sites is 1. The highest BCUT2D eigenvalue weighted by Crippen LogP contribution is 2.34. The molecule has 31 heavy (non-hydrogen) atoms. The van der Waals surface area contributed by atoms with Gasteiger partial charge in [0, 0.05) is 30.6 Å². The number of benzene rings is 1. The van der Waals surface area contributed by atoms with Crippen molar-refractivity contribution in [3.63, 3.8) is 0 Å². The van der Waals surface area contributed by atoms with Crippen molar-refractivity contribution in [2.45, 2.75) is 25.7 Å². The minimum Gasteiger partial charge on any atom is -0.338 e. The van der Waals surface area contributed by atoms with E-state index in [0.717, 1.165) is 17.3 Å². The van der Waals surface area contributed by atoms with Gasteiger partial charge in [0.15, 0.2) is 0 Å². The average Bonchev–Trinajstić information content (AvgIpc) is 3.27. The van der Waals surface area contributed by atoms with Gasteiger partial charge in [0.2, 0.25) is 0 Å². The van der Waals surface area contributed by atoms with Crippen molar-refractivity contribution in [1.82, 2.24) is 29.5 Å². The Hall–Kier alpha value is -3.49. The van der Waals surface area contributed by atoms with Gasteiger partial charge in [-0.25, -0.2) is 18.3 Å². The predicted molar refractivity (Wildman–Crippen MR) is 110 cm³/mol. The SMILES string of the molecule is C[C@@H]1CCN(C(=O)c2cnc3ccccc3c2)C[C@H]1c1cc(C(F)F)nc2ncnn12. The molecule has 4 aromatic rings. The van der Waals surface area contributed by atoms with Crippen LogP contribution in [-0.4, -0.2) is 48.5 Å². The molecule has 158 valence electrons. The zero-order valence-corrected chi connectivity index (χ0v) is 16.8. The lowest BCUT2D eigenvalue weighted by atomic mass is 9.84. The summed E-state index contributed by atoms with van der Waals surface area (Å²) in [5.41, 5.74) is 1.61. The van der Waals surface area contributed by atoms with Crippen LogP contribution in [0.4, 0.5) is 8.78 Å². The van der Waals surface area contributed by atoms with Crippen molar-refractivity contribution in [3.05, 3.63) is 65.9 Å². The monoisotopic (exact) mass is 422 g/mol. The first-order chi connectivity index (χ1) is 15.0. The Morgan fingerprint density at radius 3 is 2.87 bits per heavy atom. The topological polar surface area (TPSA) is 76.3 Å². The van der Waals surface area contributed by atoms with Gasteiger partial charge in [-0.15, -0.1) is 0 Å². The molecular weight excluding hydrogens is 402 g/mol. The second-order valence-corrected chi connectivity index (χ2v) is 7.92. The van der Waals surface area contributed by atoms with Crippen molar-refractivity contribution >= 4 is 22.6 Å². The molecule has 2 atom stereocenters. The molecule has 3 aromatic heterocycles. The van der Waals surface area contributed by atoms with Crippen molar-refractivity contribution < 1.29 is 13.6 Å². The molecule has 9 heteroatoms. The van der Waals surface area contributed by atoms with Crippen LogP contribution < -0.4 is 0 Å². The summed E-state index contributed by atoms with van der Waals surface area (Å²) >= 11 is 0. The molecular formula is C22H20F2N6O. The minimum atomic E-state index is -2.71. The molecule has 1 fully saturated rings. The van der Waals surface area contributed by atoms with E-state index in [9.17, 15) is 13.6 Å². The molecule has 4 heterocycles. The lowest BCUT2D eigenvalue weighted by Crippen LogP contribution is -2.42. The molecule has 1 aromatic carbocycles. The first kappa shape index (κ1) is 19.5. The summed E-state index contributed by atoms with van der Waals surface area (Å²) in [5.74, 6) is 0.0326. The fourth-order valence-electron chi connectivity index (χ4n) is 4.24. The number of hydrogen-bond donors (Lipinski definition) is 0. The quantitative estimate of drug-likeness (QED) is 0.501. The van der Waals surface area contributed by atoms with Gasteiger partial charge >= 0.3 is 0 Å². The number of piperidine rings is 1. The summed E-state index contributed by atoms with van der Waals surface area (Å²) in [4.78, 5) is 27.3. The number of hydrogen-bond acceptors (Lipinski definition) is 5. The summed E-state index contributed by atoms with van der Waals surface area (Å²) in [6.07, 6.45) is 0.938. The summed E-state index contributed by atoms with van der Waals surface area (Å²) in [7, 11) is 0. The van der Waals surface area contributed by atoms with Crippen LogP contribution in [0.2, 0.25) is 0 Å². The maximum atomic E-state index is 13.4. The third-order valence-corrected chi connectivity index (χ3v) is 5.99. The van der Waals surface area contributed by atoms with E-state index in [0.29, 0.717) is 24.3 Å². The van der Waals surface area contributed by atoms with Crippen LogP contribution in [0.25, 0.3) is 16.7 Å². The normalized spacial score (nSPS) is 19.4. The number of rotatable bonds is 3. The van der Waals surface area contributed by atoms with Crippen molar-refractivity contribution in [3.8, 4) is 0 Å². The number of likely N-dealkylation sites (tertiary alicyclic amines) is 1. The third kappa shape index (κ3) is 3.49. The largest absolute Gasteiger partial charge is 0.338 e. The Morgan fingerprint density at radius 2 is 2.03 bits per heavy atom. The highest BCUT2D eigenvalue weighted by Gasteiger charge is 2.33. The van der Waals surface area contributed by atoms with Crippen LogP contribution in [-0.2, 0) is 0 Å². The average molecular weight is 422 g/mol. The number of carbonyl (C=O) groups is 1. The fraction of sp³-hybridized carbons (Fsp3) is 0.318. The van der Waals surface area contributed by atoms with E-state index >= 15 is 0 Å². The van der Waals surface area contributed by atoms with Crippen molar-refractivity contribution in [2.75, 3.05) is 13.1 Å². The standard InChI is InChI=1S/C22H20F2N6O/c1-13-6-7-29(21(31)15-8-14-4-2-3-5-17(14)25-10-15)11-16(13)19-9-18(20(23)24)28-22-26-12-27-30(19)22/h2-5,8-10,12-13,16,20H,6-7,11H2,1H3/t13-,16-/m1/s1. The first-order valence-electron chi connectivity index (χ1n) is 10.1. The van der Waals surface area contributed by atoms with Gasteiger partial charge in [0.05, 0.1) is 16.8 Å². The molecule has 1 amide bonds. The van der Waals surface area contributed by atoms with Gasteiger partial charge in [-0.3, -0.25) is 9.78 Å². The number of nitrogens with zero attached hydrogens (tertiary/aromatic N) is 6. The molecule has 7 nitrogen and oxygen atoms in total. The van der Waals surface area contributed by atoms with Gasteiger partial charge in [0.1, 0.15) is 12.0 Å². The number of carbonyl (C=O) groups excluding carboxylic acids is 1. The molecule has 1 aliphatic heterocycles. The number of halogens is 2. The van der Waals surface area contributed by atoms with Gasteiger partial charge < -0.3 is 4.90 Å². The van der Waals surface area contributed by atoms with Crippen LogP contribution in [0, 0.1) is 5.92 Å². The first-order valence-corrected chi connectivity index (χ1v) is 10.1. The summed E-state index contributed by atoms with van der Waals surface area (Å²) in [5, 5.41) is 5.07. The van der Waals surface area contributed by atoms with E-state index in [-0.39, 0.29) is 29.2 Å². The van der Waals surface area contributed by atoms with Crippen molar-refractivity contribution in [2.24, 2.45) is 5.92 Å². The Labute approximate surface area is 176 Å². The molecule has 0 spiro atoms. The van der Waals surface area contributed by atoms with Gasteiger partial charge in [0.25, 0.3) is 18.1 Å². The van der Waals surface area contributed by atoms with E-state index in [1.54, 1.807) is 11.1 Å². The maximum Gasteiger partial charge on any atom is 0.280 e. The fourth-order valence-corrected chi connectivity index (χ4v) is 4.24. The Morgan fingerprint density at radius 1 is 1.19 bits per heavy atom.